The molecule has 0 saturated carbocycles. The lowest BCUT2D eigenvalue weighted by Crippen LogP contribution is -2.51. The van der Waals surface area contributed by atoms with Gasteiger partial charge in [-0.15, -0.1) is 11.3 Å². The van der Waals surface area contributed by atoms with Crippen LogP contribution in [0.2, 0.25) is 0 Å². The topological polar surface area (TPSA) is 55.6 Å². The summed E-state index contributed by atoms with van der Waals surface area (Å²) < 4.78 is 5.56. The number of primary amides is 1. The van der Waals surface area contributed by atoms with Gasteiger partial charge in [-0.2, -0.15) is 0 Å². The highest BCUT2D eigenvalue weighted by atomic mass is 32.1. The van der Waals surface area contributed by atoms with Crippen LogP contribution in [0, 0.1) is 0 Å². The van der Waals surface area contributed by atoms with E-state index in [4.69, 9.17) is 10.5 Å². The highest BCUT2D eigenvalue weighted by molar-refractivity contribution is 7.12. The number of thiophene rings is 1. The first kappa shape index (κ1) is 15.5. The fraction of sp³-hybridized carbons (Fsp3) is 0.667. The summed E-state index contributed by atoms with van der Waals surface area (Å²) >= 11 is 1.85. The Balaban J connectivity index is 2.02. The minimum Gasteiger partial charge on any atom is -0.367 e. The van der Waals surface area contributed by atoms with Gasteiger partial charge in [0, 0.05) is 29.4 Å². The van der Waals surface area contributed by atoms with Gasteiger partial charge >= 0.3 is 0 Å². The number of rotatable bonds is 3. The lowest BCUT2D eigenvalue weighted by atomic mass is 9.95. The van der Waals surface area contributed by atoms with E-state index in [9.17, 15) is 4.79 Å². The number of amides is 1. The van der Waals surface area contributed by atoms with Gasteiger partial charge in [0.2, 0.25) is 5.91 Å². The van der Waals surface area contributed by atoms with Crippen LogP contribution in [0.1, 0.15) is 37.4 Å². The van der Waals surface area contributed by atoms with Crippen molar-refractivity contribution >= 4 is 17.2 Å². The normalized spacial score (nSPS) is 24.8. The SMILES string of the molecule is C[C@@H]1CN(Cc2ccc(C(C)(C)C)s2)C[C@@H](C(N)=O)O1. The first-order chi connectivity index (χ1) is 9.25. The lowest BCUT2D eigenvalue weighted by Gasteiger charge is -2.35. The van der Waals surface area contributed by atoms with Crippen LogP contribution in [-0.4, -0.2) is 36.1 Å². The van der Waals surface area contributed by atoms with E-state index in [0.29, 0.717) is 6.54 Å². The number of carbonyl (C=O) groups excluding carboxylic acids is 1. The summed E-state index contributed by atoms with van der Waals surface area (Å²) in [5.41, 5.74) is 5.55. The molecule has 112 valence electrons. The molecule has 20 heavy (non-hydrogen) atoms. The van der Waals surface area contributed by atoms with Crippen molar-refractivity contribution in [3.8, 4) is 0 Å². The monoisotopic (exact) mass is 296 g/mol. The van der Waals surface area contributed by atoms with Crippen LogP contribution in [-0.2, 0) is 21.5 Å². The van der Waals surface area contributed by atoms with Gasteiger partial charge < -0.3 is 10.5 Å². The van der Waals surface area contributed by atoms with E-state index in [-0.39, 0.29) is 17.4 Å². The third-order valence-corrected chi connectivity index (χ3v) is 4.93. The second-order valence-electron chi connectivity index (χ2n) is 6.55. The highest BCUT2D eigenvalue weighted by Gasteiger charge is 2.29. The molecule has 0 unspecified atom stereocenters. The Morgan fingerprint density at radius 3 is 2.70 bits per heavy atom. The Morgan fingerprint density at radius 1 is 1.45 bits per heavy atom. The molecule has 2 N–H and O–H groups in total. The van der Waals surface area contributed by atoms with Crippen LogP contribution in [0.25, 0.3) is 0 Å². The van der Waals surface area contributed by atoms with Gasteiger partial charge in [0.15, 0.2) is 0 Å². The zero-order chi connectivity index (χ0) is 14.9. The fourth-order valence-corrected chi connectivity index (χ4v) is 3.52. The summed E-state index contributed by atoms with van der Waals surface area (Å²) in [6.45, 7) is 10.9. The number of ether oxygens (including phenoxy) is 1. The van der Waals surface area contributed by atoms with Crippen LogP contribution >= 0.6 is 11.3 Å². The summed E-state index contributed by atoms with van der Waals surface area (Å²) in [4.78, 5) is 16.3. The van der Waals surface area contributed by atoms with Crippen molar-refractivity contribution in [3.05, 3.63) is 21.9 Å². The number of nitrogens with zero attached hydrogens (tertiary/aromatic N) is 1. The number of hydrogen-bond acceptors (Lipinski definition) is 4. The molecule has 5 heteroatoms. The largest absolute Gasteiger partial charge is 0.367 e. The fourth-order valence-electron chi connectivity index (χ4n) is 2.41. The van der Waals surface area contributed by atoms with Crippen molar-refractivity contribution in [3.63, 3.8) is 0 Å². The predicted octanol–water partition coefficient (Wildman–Crippen LogP) is 2.12. The minimum absolute atomic E-state index is 0.0447. The summed E-state index contributed by atoms with van der Waals surface area (Å²) in [6.07, 6.45) is -0.441. The molecule has 0 aliphatic carbocycles. The molecule has 1 amide bonds. The van der Waals surface area contributed by atoms with Gasteiger partial charge in [-0.25, -0.2) is 0 Å². The first-order valence-electron chi connectivity index (χ1n) is 7.02. The summed E-state index contributed by atoms with van der Waals surface area (Å²) in [5.74, 6) is -0.372. The Bertz CT molecular complexity index is 478. The quantitative estimate of drug-likeness (QED) is 0.929. The van der Waals surface area contributed by atoms with Crippen molar-refractivity contribution in [1.82, 2.24) is 4.90 Å². The standard InChI is InChI=1S/C15H24N2O2S/c1-10-7-17(9-12(19-10)14(16)18)8-11-5-6-13(20-11)15(2,3)4/h5-6,10,12H,7-9H2,1-4H3,(H2,16,18)/t10-,12+/m1/s1. The molecule has 2 atom stereocenters. The van der Waals surface area contributed by atoms with Crippen molar-refractivity contribution in [2.75, 3.05) is 13.1 Å². The molecule has 1 fully saturated rings. The molecule has 1 saturated heterocycles. The molecule has 0 bridgehead atoms. The lowest BCUT2D eigenvalue weighted by molar-refractivity contribution is -0.142. The van der Waals surface area contributed by atoms with Crippen LogP contribution < -0.4 is 5.73 Å². The predicted molar refractivity (Wildman–Crippen MR) is 81.8 cm³/mol. The molecule has 1 aliphatic heterocycles. The summed E-state index contributed by atoms with van der Waals surface area (Å²) in [5, 5.41) is 0. The average Bonchev–Trinajstić information content (AvgIpc) is 2.76. The molecule has 4 nitrogen and oxygen atoms in total. The van der Waals surface area contributed by atoms with Crippen LogP contribution in [0.3, 0.4) is 0 Å². The number of hydrogen-bond donors (Lipinski definition) is 1. The molecule has 1 aromatic heterocycles. The number of carbonyl (C=O) groups is 1. The van der Waals surface area contributed by atoms with Gasteiger partial charge in [0.05, 0.1) is 6.10 Å². The summed E-state index contributed by atoms with van der Waals surface area (Å²) in [6, 6.07) is 4.39. The zero-order valence-electron chi connectivity index (χ0n) is 12.7. The Labute approximate surface area is 124 Å². The third-order valence-electron chi connectivity index (χ3n) is 3.43. The first-order valence-corrected chi connectivity index (χ1v) is 7.83. The maximum absolute atomic E-state index is 11.3. The smallest absolute Gasteiger partial charge is 0.247 e. The maximum atomic E-state index is 11.3. The van der Waals surface area contributed by atoms with Crippen molar-refractivity contribution < 1.29 is 9.53 Å². The van der Waals surface area contributed by atoms with Crippen LogP contribution in [0.15, 0.2) is 12.1 Å². The third kappa shape index (κ3) is 3.81. The maximum Gasteiger partial charge on any atom is 0.247 e. The molecule has 2 rings (SSSR count). The highest BCUT2D eigenvalue weighted by Crippen LogP contribution is 2.30. The van der Waals surface area contributed by atoms with Gasteiger partial charge in [-0.05, 0) is 24.5 Å². The number of morpholine rings is 1. The van der Waals surface area contributed by atoms with Crippen molar-refractivity contribution in [1.29, 1.82) is 0 Å². The Hall–Kier alpha value is -0.910. The van der Waals surface area contributed by atoms with E-state index in [1.54, 1.807) is 0 Å². The molecule has 1 aliphatic rings. The Kier molecular flexibility index (Phi) is 4.52. The molecule has 0 spiro atoms. The molecule has 0 radical (unpaired) electrons. The second-order valence-corrected chi connectivity index (χ2v) is 7.72. The van der Waals surface area contributed by atoms with E-state index in [0.717, 1.165) is 13.1 Å². The zero-order valence-corrected chi connectivity index (χ0v) is 13.5. The average molecular weight is 296 g/mol. The van der Waals surface area contributed by atoms with Gasteiger partial charge in [-0.3, -0.25) is 9.69 Å². The van der Waals surface area contributed by atoms with Crippen LogP contribution in [0.5, 0.6) is 0 Å². The van der Waals surface area contributed by atoms with E-state index < -0.39 is 6.10 Å². The van der Waals surface area contributed by atoms with Gasteiger partial charge in [-0.1, -0.05) is 20.8 Å². The molecule has 2 heterocycles. The van der Waals surface area contributed by atoms with Crippen LogP contribution in [0.4, 0.5) is 0 Å². The van der Waals surface area contributed by atoms with E-state index in [2.05, 4.69) is 37.8 Å². The molecular weight excluding hydrogens is 272 g/mol. The van der Waals surface area contributed by atoms with Crippen molar-refractivity contribution in [2.24, 2.45) is 5.73 Å². The number of nitrogens with two attached hydrogens (primary N) is 1. The second kappa shape index (κ2) is 5.84. The Morgan fingerprint density at radius 2 is 2.15 bits per heavy atom. The molecule has 1 aromatic rings. The van der Waals surface area contributed by atoms with Gasteiger partial charge in [0.1, 0.15) is 6.10 Å². The van der Waals surface area contributed by atoms with E-state index in [1.165, 1.54) is 9.75 Å². The summed E-state index contributed by atoms with van der Waals surface area (Å²) in [7, 11) is 0. The molecular formula is C15H24N2O2S. The van der Waals surface area contributed by atoms with E-state index in [1.807, 2.05) is 18.3 Å². The molecule has 0 aromatic carbocycles. The van der Waals surface area contributed by atoms with Crippen molar-refractivity contribution in [2.45, 2.75) is 51.9 Å². The van der Waals surface area contributed by atoms with Gasteiger partial charge in [0.25, 0.3) is 0 Å². The van der Waals surface area contributed by atoms with E-state index >= 15 is 0 Å². The minimum atomic E-state index is -0.485.